The Balaban J connectivity index is 1.61. The van der Waals surface area contributed by atoms with Crippen molar-refractivity contribution in [1.29, 1.82) is 0 Å². The SMILES string of the molecule is COCc1nc(CCOC2CCN(C(=O)CCC(C)C)CC2)no1. The zero-order valence-electron chi connectivity index (χ0n) is 15.0. The zero-order chi connectivity index (χ0) is 17.4. The van der Waals surface area contributed by atoms with Crippen LogP contribution < -0.4 is 0 Å². The molecule has 0 spiro atoms. The standard InChI is InChI=1S/C17H29N3O4/c1-13(2)4-5-17(21)20-9-6-14(7-10-20)23-11-8-15-18-16(12-22-3)24-19-15/h13-14H,4-12H2,1-3H3. The molecular weight excluding hydrogens is 310 g/mol. The topological polar surface area (TPSA) is 77.7 Å². The van der Waals surface area contributed by atoms with Gasteiger partial charge in [-0.3, -0.25) is 4.79 Å². The number of likely N-dealkylation sites (tertiary alicyclic amines) is 1. The van der Waals surface area contributed by atoms with Crippen LogP contribution in [0.5, 0.6) is 0 Å². The van der Waals surface area contributed by atoms with Gasteiger partial charge in [-0.15, -0.1) is 0 Å². The molecule has 0 aromatic carbocycles. The summed E-state index contributed by atoms with van der Waals surface area (Å²) in [5.74, 6) is 1.98. The quantitative estimate of drug-likeness (QED) is 0.686. The van der Waals surface area contributed by atoms with Crippen molar-refractivity contribution in [3.63, 3.8) is 0 Å². The lowest BCUT2D eigenvalue weighted by Crippen LogP contribution is -2.41. The normalized spacial score (nSPS) is 16.1. The summed E-state index contributed by atoms with van der Waals surface area (Å²) in [7, 11) is 1.59. The molecular formula is C17H29N3O4. The molecule has 2 heterocycles. The molecule has 0 unspecified atom stereocenters. The number of hydrogen-bond acceptors (Lipinski definition) is 6. The third-order valence-electron chi connectivity index (χ3n) is 4.19. The average molecular weight is 339 g/mol. The van der Waals surface area contributed by atoms with Crippen molar-refractivity contribution in [2.24, 2.45) is 5.92 Å². The molecule has 1 saturated heterocycles. The highest BCUT2D eigenvalue weighted by Crippen LogP contribution is 2.16. The first-order valence-electron chi connectivity index (χ1n) is 8.78. The molecule has 136 valence electrons. The third-order valence-corrected chi connectivity index (χ3v) is 4.19. The largest absolute Gasteiger partial charge is 0.378 e. The molecule has 1 aromatic rings. The number of aromatic nitrogens is 2. The third kappa shape index (κ3) is 6.20. The second kappa shape index (κ2) is 9.74. The van der Waals surface area contributed by atoms with Gasteiger partial charge in [0.2, 0.25) is 5.91 Å². The maximum Gasteiger partial charge on any atom is 0.252 e. The van der Waals surface area contributed by atoms with Gasteiger partial charge >= 0.3 is 0 Å². The van der Waals surface area contributed by atoms with E-state index in [9.17, 15) is 4.79 Å². The number of carbonyl (C=O) groups is 1. The van der Waals surface area contributed by atoms with E-state index in [0.717, 1.165) is 32.4 Å². The van der Waals surface area contributed by atoms with Crippen LogP contribution in [0.2, 0.25) is 0 Å². The first-order chi connectivity index (χ1) is 11.6. The van der Waals surface area contributed by atoms with Crippen molar-refractivity contribution in [1.82, 2.24) is 15.0 Å². The van der Waals surface area contributed by atoms with E-state index in [4.69, 9.17) is 14.0 Å². The van der Waals surface area contributed by atoms with Gasteiger partial charge in [0.15, 0.2) is 5.82 Å². The molecule has 1 aliphatic heterocycles. The number of carbonyl (C=O) groups excluding carboxylic acids is 1. The van der Waals surface area contributed by atoms with Gasteiger partial charge < -0.3 is 18.9 Å². The van der Waals surface area contributed by atoms with Gasteiger partial charge in [-0.25, -0.2) is 0 Å². The second-order valence-electron chi connectivity index (χ2n) is 6.67. The molecule has 0 aliphatic carbocycles. The summed E-state index contributed by atoms with van der Waals surface area (Å²) < 4.78 is 15.9. The summed E-state index contributed by atoms with van der Waals surface area (Å²) in [4.78, 5) is 18.3. The van der Waals surface area contributed by atoms with E-state index in [1.807, 2.05) is 4.90 Å². The number of hydrogen-bond donors (Lipinski definition) is 0. The monoisotopic (exact) mass is 339 g/mol. The Morgan fingerprint density at radius 3 is 2.79 bits per heavy atom. The van der Waals surface area contributed by atoms with Crippen LogP contribution in [0.15, 0.2) is 4.52 Å². The van der Waals surface area contributed by atoms with E-state index in [0.29, 0.717) is 43.7 Å². The molecule has 0 atom stereocenters. The van der Waals surface area contributed by atoms with Gasteiger partial charge in [-0.1, -0.05) is 19.0 Å². The summed E-state index contributed by atoms with van der Waals surface area (Å²) >= 11 is 0. The summed E-state index contributed by atoms with van der Waals surface area (Å²) in [6.07, 6.45) is 4.25. The minimum absolute atomic E-state index is 0.212. The van der Waals surface area contributed by atoms with E-state index in [2.05, 4.69) is 24.0 Å². The summed E-state index contributed by atoms with van der Waals surface area (Å²) in [6.45, 7) is 6.78. The van der Waals surface area contributed by atoms with Crippen molar-refractivity contribution >= 4 is 5.91 Å². The lowest BCUT2D eigenvalue weighted by atomic mass is 10.0. The molecule has 1 aromatic heterocycles. The first-order valence-corrected chi connectivity index (χ1v) is 8.78. The molecule has 1 amide bonds. The Morgan fingerprint density at radius 2 is 2.12 bits per heavy atom. The molecule has 7 nitrogen and oxygen atoms in total. The van der Waals surface area contributed by atoms with Gasteiger partial charge in [-0.2, -0.15) is 4.98 Å². The summed E-state index contributed by atoms with van der Waals surface area (Å²) in [6, 6.07) is 0. The lowest BCUT2D eigenvalue weighted by Gasteiger charge is -2.32. The number of amides is 1. The number of ether oxygens (including phenoxy) is 2. The van der Waals surface area contributed by atoms with E-state index < -0.39 is 0 Å². The van der Waals surface area contributed by atoms with Crippen LogP contribution in [0.3, 0.4) is 0 Å². The molecule has 24 heavy (non-hydrogen) atoms. The molecule has 7 heteroatoms. The van der Waals surface area contributed by atoms with E-state index >= 15 is 0 Å². The maximum atomic E-state index is 12.1. The highest BCUT2D eigenvalue weighted by atomic mass is 16.5. The van der Waals surface area contributed by atoms with Crippen LogP contribution in [0.25, 0.3) is 0 Å². The minimum Gasteiger partial charge on any atom is -0.378 e. The van der Waals surface area contributed by atoms with Crippen molar-refractivity contribution < 1.29 is 18.8 Å². The van der Waals surface area contributed by atoms with Crippen LogP contribution in [0.1, 0.15) is 51.2 Å². The van der Waals surface area contributed by atoms with Crippen molar-refractivity contribution in [3.8, 4) is 0 Å². The Morgan fingerprint density at radius 1 is 1.38 bits per heavy atom. The zero-order valence-corrected chi connectivity index (χ0v) is 15.0. The van der Waals surface area contributed by atoms with Crippen molar-refractivity contribution in [3.05, 3.63) is 11.7 Å². The first kappa shape index (κ1) is 18.9. The van der Waals surface area contributed by atoms with E-state index in [1.165, 1.54) is 0 Å². The van der Waals surface area contributed by atoms with Gasteiger partial charge in [0.1, 0.15) is 6.61 Å². The van der Waals surface area contributed by atoms with Crippen molar-refractivity contribution in [2.45, 2.75) is 58.7 Å². The number of nitrogens with zero attached hydrogens (tertiary/aromatic N) is 3. The minimum atomic E-state index is 0.212. The Kier molecular flexibility index (Phi) is 7.65. The van der Waals surface area contributed by atoms with E-state index in [-0.39, 0.29) is 12.0 Å². The Hall–Kier alpha value is -1.47. The Labute approximate surface area is 143 Å². The van der Waals surface area contributed by atoms with Crippen LogP contribution in [0, 0.1) is 5.92 Å². The maximum absolute atomic E-state index is 12.1. The van der Waals surface area contributed by atoms with Crippen molar-refractivity contribution in [2.75, 3.05) is 26.8 Å². The second-order valence-corrected chi connectivity index (χ2v) is 6.67. The molecule has 0 radical (unpaired) electrons. The number of methoxy groups -OCH3 is 1. The fourth-order valence-electron chi connectivity index (χ4n) is 2.73. The fraction of sp³-hybridized carbons (Fsp3) is 0.824. The van der Waals surface area contributed by atoms with Crippen LogP contribution in [0.4, 0.5) is 0 Å². The van der Waals surface area contributed by atoms with Gasteiger partial charge in [0.05, 0.1) is 12.7 Å². The molecule has 2 rings (SSSR count). The molecule has 0 bridgehead atoms. The summed E-state index contributed by atoms with van der Waals surface area (Å²) in [5, 5.41) is 3.89. The van der Waals surface area contributed by atoms with Crippen LogP contribution in [-0.2, 0) is 27.3 Å². The average Bonchev–Trinajstić information content (AvgIpc) is 3.01. The van der Waals surface area contributed by atoms with Crippen LogP contribution in [-0.4, -0.2) is 53.9 Å². The predicted molar refractivity (Wildman–Crippen MR) is 88.3 cm³/mol. The highest BCUT2D eigenvalue weighted by molar-refractivity contribution is 5.76. The smallest absolute Gasteiger partial charge is 0.252 e. The van der Waals surface area contributed by atoms with Crippen LogP contribution >= 0.6 is 0 Å². The number of piperidine rings is 1. The highest BCUT2D eigenvalue weighted by Gasteiger charge is 2.23. The summed E-state index contributed by atoms with van der Waals surface area (Å²) in [5.41, 5.74) is 0. The van der Waals surface area contributed by atoms with Gasteiger partial charge in [0, 0.05) is 33.0 Å². The molecule has 1 aliphatic rings. The number of rotatable bonds is 9. The van der Waals surface area contributed by atoms with Gasteiger partial charge in [0.25, 0.3) is 5.89 Å². The predicted octanol–water partition coefficient (Wildman–Crippen LogP) is 2.20. The molecule has 0 saturated carbocycles. The van der Waals surface area contributed by atoms with E-state index in [1.54, 1.807) is 7.11 Å². The van der Waals surface area contributed by atoms with Gasteiger partial charge in [-0.05, 0) is 25.2 Å². The Bertz CT molecular complexity index is 496. The lowest BCUT2D eigenvalue weighted by molar-refractivity contribution is -0.134. The molecule has 0 N–H and O–H groups in total. The molecule has 1 fully saturated rings. The fourth-order valence-corrected chi connectivity index (χ4v) is 2.73.